The van der Waals surface area contributed by atoms with E-state index >= 15 is 0 Å². The Labute approximate surface area is 62.8 Å². The number of nitrogens with one attached hydrogen (secondary N) is 1. The highest BCUT2D eigenvalue weighted by molar-refractivity contribution is 5.35. The van der Waals surface area contributed by atoms with E-state index in [-0.39, 0.29) is 12.3 Å². The molecule has 1 aromatic heterocycles. The normalized spacial score (nSPS) is 9.91. The summed E-state index contributed by atoms with van der Waals surface area (Å²) in [5, 5.41) is 18.8. The van der Waals surface area contributed by atoms with Crippen LogP contribution < -0.4 is 0 Å². The molecular weight excluding hydrogens is 148 g/mol. The van der Waals surface area contributed by atoms with E-state index in [0.717, 1.165) is 0 Å². The Morgan fingerprint density at radius 1 is 1.73 bits per heavy atom. The van der Waals surface area contributed by atoms with Gasteiger partial charge in [0.2, 0.25) is 0 Å². The summed E-state index contributed by atoms with van der Waals surface area (Å²) in [6, 6.07) is 1.38. The van der Waals surface area contributed by atoms with Crippen LogP contribution in [0, 0.1) is 10.1 Å². The second-order valence-corrected chi connectivity index (χ2v) is 2.07. The van der Waals surface area contributed by atoms with E-state index in [4.69, 9.17) is 5.11 Å². The fraction of sp³-hybridized carbons (Fsp3) is 0.333. The quantitative estimate of drug-likeness (QED) is 0.492. The molecule has 0 saturated carbocycles. The maximum atomic E-state index is 10.3. The Morgan fingerprint density at radius 2 is 2.45 bits per heavy atom. The van der Waals surface area contributed by atoms with E-state index in [1.54, 1.807) is 0 Å². The smallest absolute Gasteiger partial charge is 0.289 e. The second kappa shape index (κ2) is 3.16. The van der Waals surface area contributed by atoms with Crippen LogP contribution in [0.15, 0.2) is 12.3 Å². The van der Waals surface area contributed by atoms with E-state index < -0.39 is 4.92 Å². The highest BCUT2D eigenvalue weighted by Crippen LogP contribution is 2.15. The molecule has 0 aliphatic carbocycles. The van der Waals surface area contributed by atoms with Crippen LogP contribution in [0.5, 0.6) is 0 Å². The molecule has 60 valence electrons. The van der Waals surface area contributed by atoms with Crippen molar-refractivity contribution in [2.45, 2.75) is 6.42 Å². The van der Waals surface area contributed by atoms with Gasteiger partial charge in [-0.2, -0.15) is 0 Å². The molecule has 5 heteroatoms. The molecule has 1 rings (SSSR count). The molecule has 2 N–H and O–H groups in total. The van der Waals surface area contributed by atoms with Gasteiger partial charge in [0, 0.05) is 25.3 Å². The molecule has 0 radical (unpaired) electrons. The Bertz CT molecular complexity index is 256. The van der Waals surface area contributed by atoms with Gasteiger partial charge in [0.25, 0.3) is 5.69 Å². The van der Waals surface area contributed by atoms with Crippen molar-refractivity contribution in [3.05, 3.63) is 28.1 Å². The van der Waals surface area contributed by atoms with Crippen molar-refractivity contribution in [3.63, 3.8) is 0 Å². The van der Waals surface area contributed by atoms with Crippen LogP contribution in [0.2, 0.25) is 0 Å². The predicted molar refractivity (Wildman–Crippen MR) is 38.2 cm³/mol. The predicted octanol–water partition coefficient (Wildman–Crippen LogP) is 0.458. The van der Waals surface area contributed by atoms with Gasteiger partial charge < -0.3 is 10.1 Å². The molecule has 0 bridgehead atoms. The number of rotatable bonds is 3. The van der Waals surface area contributed by atoms with Gasteiger partial charge >= 0.3 is 0 Å². The summed E-state index contributed by atoms with van der Waals surface area (Å²) < 4.78 is 0. The average molecular weight is 156 g/mol. The Kier molecular flexibility index (Phi) is 2.22. The van der Waals surface area contributed by atoms with E-state index in [2.05, 4.69) is 4.98 Å². The number of nitro groups is 1. The highest BCUT2D eigenvalue weighted by Gasteiger charge is 2.12. The lowest BCUT2D eigenvalue weighted by molar-refractivity contribution is -0.385. The first kappa shape index (κ1) is 7.74. The van der Waals surface area contributed by atoms with Crippen molar-refractivity contribution >= 4 is 5.69 Å². The van der Waals surface area contributed by atoms with E-state index in [9.17, 15) is 10.1 Å². The zero-order chi connectivity index (χ0) is 8.27. The third-order valence-corrected chi connectivity index (χ3v) is 1.37. The van der Waals surface area contributed by atoms with Crippen molar-refractivity contribution in [2.75, 3.05) is 6.61 Å². The van der Waals surface area contributed by atoms with Crippen LogP contribution in [0.3, 0.4) is 0 Å². The maximum absolute atomic E-state index is 10.3. The lowest BCUT2D eigenvalue weighted by atomic mass is 10.3. The first-order chi connectivity index (χ1) is 5.25. The highest BCUT2D eigenvalue weighted by atomic mass is 16.6. The molecule has 0 aromatic carbocycles. The second-order valence-electron chi connectivity index (χ2n) is 2.07. The minimum Gasteiger partial charge on any atom is -0.396 e. The maximum Gasteiger partial charge on any atom is 0.289 e. The zero-order valence-corrected chi connectivity index (χ0v) is 5.78. The van der Waals surface area contributed by atoms with Gasteiger partial charge in [-0.25, -0.2) is 0 Å². The summed E-state index contributed by atoms with van der Waals surface area (Å²) in [4.78, 5) is 12.5. The van der Waals surface area contributed by atoms with Gasteiger partial charge in [-0.15, -0.1) is 0 Å². The summed E-state index contributed by atoms with van der Waals surface area (Å²) in [6.45, 7) is -0.0820. The molecule has 0 aliphatic heterocycles. The van der Waals surface area contributed by atoms with Gasteiger partial charge in [-0.05, 0) is 0 Å². The Morgan fingerprint density at radius 3 is 3.00 bits per heavy atom. The van der Waals surface area contributed by atoms with E-state index in [1.807, 2.05) is 0 Å². The third-order valence-electron chi connectivity index (χ3n) is 1.37. The summed E-state index contributed by atoms with van der Waals surface area (Å²) in [5.74, 6) is 0. The number of aromatic nitrogens is 1. The molecule has 0 saturated heterocycles. The monoisotopic (exact) mass is 156 g/mol. The molecule has 1 aromatic rings. The number of aliphatic hydroxyl groups is 1. The Hall–Kier alpha value is -1.36. The van der Waals surface area contributed by atoms with Crippen molar-refractivity contribution in [1.82, 2.24) is 4.98 Å². The Balaban J connectivity index is 2.87. The van der Waals surface area contributed by atoms with Gasteiger partial charge in [0.15, 0.2) is 0 Å². The van der Waals surface area contributed by atoms with Crippen LogP contribution >= 0.6 is 0 Å². The van der Waals surface area contributed by atoms with Crippen molar-refractivity contribution in [3.8, 4) is 0 Å². The molecule has 1 heterocycles. The number of hydrogen-bond donors (Lipinski definition) is 2. The lowest BCUT2D eigenvalue weighted by Gasteiger charge is -1.92. The number of aliphatic hydroxyl groups excluding tert-OH is 1. The number of nitrogens with zero attached hydrogens (tertiary/aromatic N) is 1. The van der Waals surface area contributed by atoms with Crippen LogP contribution in [0.25, 0.3) is 0 Å². The van der Waals surface area contributed by atoms with Crippen molar-refractivity contribution in [2.24, 2.45) is 0 Å². The fourth-order valence-corrected chi connectivity index (χ4v) is 0.879. The van der Waals surface area contributed by atoms with Gasteiger partial charge in [-0.1, -0.05) is 0 Å². The molecule has 0 amide bonds. The molecule has 0 atom stereocenters. The van der Waals surface area contributed by atoms with Crippen LogP contribution in [-0.2, 0) is 6.42 Å². The largest absolute Gasteiger partial charge is 0.396 e. The lowest BCUT2D eigenvalue weighted by Crippen LogP contribution is -1.96. The topological polar surface area (TPSA) is 79.2 Å². The van der Waals surface area contributed by atoms with Crippen molar-refractivity contribution < 1.29 is 10.0 Å². The molecule has 0 fully saturated rings. The average Bonchev–Trinajstić information content (AvgIpc) is 2.36. The van der Waals surface area contributed by atoms with E-state index in [0.29, 0.717) is 12.1 Å². The fourth-order valence-electron chi connectivity index (χ4n) is 0.879. The van der Waals surface area contributed by atoms with Gasteiger partial charge in [-0.3, -0.25) is 10.1 Å². The zero-order valence-electron chi connectivity index (χ0n) is 5.78. The van der Waals surface area contributed by atoms with E-state index in [1.165, 1.54) is 12.3 Å². The van der Waals surface area contributed by atoms with Crippen LogP contribution in [-0.4, -0.2) is 21.6 Å². The molecule has 11 heavy (non-hydrogen) atoms. The van der Waals surface area contributed by atoms with Crippen LogP contribution in [0.4, 0.5) is 5.69 Å². The van der Waals surface area contributed by atoms with Gasteiger partial charge in [0.1, 0.15) is 0 Å². The minimum absolute atomic E-state index is 0.0408. The first-order valence-corrected chi connectivity index (χ1v) is 3.17. The molecule has 0 unspecified atom stereocenters. The number of aromatic amines is 1. The molecule has 0 aliphatic rings. The number of H-pyrrole nitrogens is 1. The number of hydrogen-bond acceptors (Lipinski definition) is 3. The first-order valence-electron chi connectivity index (χ1n) is 3.17. The third kappa shape index (κ3) is 1.56. The standard InChI is InChI=1S/C6H8N2O3/c9-4-2-5-6(8(10)11)1-3-7-5/h1,3,7,9H,2,4H2. The summed E-state index contributed by atoms with van der Waals surface area (Å²) >= 11 is 0. The van der Waals surface area contributed by atoms with Crippen molar-refractivity contribution in [1.29, 1.82) is 0 Å². The molecule has 5 nitrogen and oxygen atoms in total. The summed E-state index contributed by atoms with van der Waals surface area (Å²) in [7, 11) is 0. The minimum atomic E-state index is -0.471. The van der Waals surface area contributed by atoms with Gasteiger partial charge in [0.05, 0.1) is 10.6 Å². The molecular formula is C6H8N2O3. The summed E-state index contributed by atoms with van der Waals surface area (Å²) in [5.41, 5.74) is 0.511. The van der Waals surface area contributed by atoms with Crippen LogP contribution in [0.1, 0.15) is 5.69 Å². The SMILES string of the molecule is O=[N+]([O-])c1cc[nH]c1CCO. The summed E-state index contributed by atoms with van der Waals surface area (Å²) in [6.07, 6.45) is 1.78. The molecule has 0 spiro atoms.